The largest absolute Gasteiger partial charge is 0.325 e. The Morgan fingerprint density at radius 2 is 1.90 bits per heavy atom. The van der Waals surface area contributed by atoms with E-state index in [-0.39, 0.29) is 11.7 Å². The summed E-state index contributed by atoms with van der Waals surface area (Å²) >= 11 is 6.52. The molecule has 2 heterocycles. The van der Waals surface area contributed by atoms with Crippen LogP contribution in [0.4, 0.5) is 5.69 Å². The van der Waals surface area contributed by atoms with E-state index < -0.39 is 0 Å². The number of fused-ring (bicyclic) bond motifs is 1. The number of carbonyl (C=O) groups is 1. The van der Waals surface area contributed by atoms with E-state index in [1.165, 1.54) is 11.8 Å². The van der Waals surface area contributed by atoms with Crippen LogP contribution in [-0.2, 0) is 4.79 Å². The number of benzene rings is 2. The van der Waals surface area contributed by atoms with Crippen molar-refractivity contribution >= 4 is 60.8 Å². The molecule has 0 atom stereocenters. The molecule has 4 rings (SSSR count). The van der Waals surface area contributed by atoms with Crippen LogP contribution in [-0.4, -0.2) is 21.6 Å². The molecule has 7 heteroatoms. The molecule has 0 aliphatic rings. The van der Waals surface area contributed by atoms with Crippen LogP contribution < -0.4 is 5.32 Å². The van der Waals surface area contributed by atoms with Crippen molar-refractivity contribution in [3.63, 3.8) is 0 Å². The number of halogens is 1. The van der Waals surface area contributed by atoms with E-state index in [1.54, 1.807) is 17.7 Å². The van der Waals surface area contributed by atoms with Gasteiger partial charge in [-0.1, -0.05) is 71.9 Å². The molecule has 2 aromatic carbocycles. The highest BCUT2D eigenvalue weighted by molar-refractivity contribution is 9.10. The van der Waals surface area contributed by atoms with E-state index in [9.17, 15) is 4.79 Å². The first-order chi connectivity index (χ1) is 14.5. The molecule has 0 unspecified atom stereocenters. The SMILES string of the molecule is CC(C)c1ccccc1NC(=O)CSc1ncnc2scc(-c3ccc(Br)cc3)c12. The van der Waals surface area contributed by atoms with Crippen LogP contribution in [0.15, 0.2) is 69.7 Å². The lowest BCUT2D eigenvalue weighted by Gasteiger charge is -2.13. The first-order valence-corrected chi connectivity index (χ1v) is 12.2. The van der Waals surface area contributed by atoms with E-state index in [0.717, 1.165) is 42.1 Å². The molecule has 0 aliphatic heterocycles. The summed E-state index contributed by atoms with van der Waals surface area (Å²) in [5, 5.41) is 6.98. The van der Waals surface area contributed by atoms with Gasteiger partial charge >= 0.3 is 0 Å². The molecule has 4 nitrogen and oxygen atoms in total. The summed E-state index contributed by atoms with van der Waals surface area (Å²) in [7, 11) is 0. The molecular weight excluding hydrogens is 478 g/mol. The Kier molecular flexibility index (Phi) is 6.51. The van der Waals surface area contributed by atoms with Crippen LogP contribution in [0.2, 0.25) is 0 Å². The number of amides is 1. The summed E-state index contributed by atoms with van der Waals surface area (Å²) in [6.07, 6.45) is 1.57. The zero-order valence-corrected chi connectivity index (χ0v) is 19.8. The number of para-hydroxylation sites is 1. The molecule has 0 saturated heterocycles. The monoisotopic (exact) mass is 497 g/mol. The van der Waals surface area contributed by atoms with Gasteiger partial charge in [-0.3, -0.25) is 4.79 Å². The molecule has 0 radical (unpaired) electrons. The zero-order chi connectivity index (χ0) is 21.1. The minimum atomic E-state index is -0.0414. The third-order valence-electron chi connectivity index (χ3n) is 4.69. The second kappa shape index (κ2) is 9.29. The van der Waals surface area contributed by atoms with Gasteiger partial charge in [0.25, 0.3) is 0 Å². The maximum Gasteiger partial charge on any atom is 0.234 e. The Bertz CT molecular complexity index is 1190. The summed E-state index contributed by atoms with van der Waals surface area (Å²) in [4.78, 5) is 22.5. The van der Waals surface area contributed by atoms with Gasteiger partial charge in [0.15, 0.2) is 0 Å². The van der Waals surface area contributed by atoms with Crippen LogP contribution in [0.5, 0.6) is 0 Å². The fourth-order valence-corrected chi connectivity index (χ4v) is 5.29. The summed E-state index contributed by atoms with van der Waals surface area (Å²) in [5.41, 5.74) is 4.21. The van der Waals surface area contributed by atoms with E-state index >= 15 is 0 Å². The lowest BCUT2D eigenvalue weighted by atomic mass is 10.0. The highest BCUT2D eigenvalue weighted by Crippen LogP contribution is 2.38. The van der Waals surface area contributed by atoms with Crippen LogP contribution in [0.3, 0.4) is 0 Å². The minimum absolute atomic E-state index is 0.0414. The van der Waals surface area contributed by atoms with Crippen LogP contribution >= 0.6 is 39.0 Å². The molecule has 4 aromatic rings. The fraction of sp³-hybridized carbons (Fsp3) is 0.174. The van der Waals surface area contributed by atoms with Crippen LogP contribution in [0.1, 0.15) is 25.3 Å². The van der Waals surface area contributed by atoms with E-state index in [2.05, 4.69) is 68.6 Å². The van der Waals surface area contributed by atoms with Gasteiger partial charge in [0.1, 0.15) is 16.2 Å². The molecule has 0 spiro atoms. The van der Waals surface area contributed by atoms with Gasteiger partial charge in [0, 0.05) is 21.1 Å². The molecule has 30 heavy (non-hydrogen) atoms. The number of nitrogens with one attached hydrogen (secondary N) is 1. The average molecular weight is 498 g/mol. The van der Waals surface area contributed by atoms with Crippen molar-refractivity contribution in [2.75, 3.05) is 11.1 Å². The average Bonchev–Trinajstić information content (AvgIpc) is 3.18. The number of thioether (sulfide) groups is 1. The molecule has 1 N–H and O–H groups in total. The molecule has 1 amide bonds. The molecular formula is C23H20BrN3OS2. The normalized spacial score (nSPS) is 11.2. The standard InChI is InChI=1S/C23H20BrN3OS2/c1-14(2)17-5-3-4-6-19(17)27-20(28)12-30-23-21-18(11-29-22(21)25-13-26-23)15-7-9-16(24)10-8-15/h3-11,13-14H,12H2,1-2H3,(H,27,28). The summed E-state index contributed by atoms with van der Waals surface area (Å²) in [6, 6.07) is 16.1. The molecule has 0 bridgehead atoms. The highest BCUT2D eigenvalue weighted by atomic mass is 79.9. The zero-order valence-electron chi connectivity index (χ0n) is 16.6. The lowest BCUT2D eigenvalue weighted by Crippen LogP contribution is -2.15. The van der Waals surface area contributed by atoms with Gasteiger partial charge in [-0.25, -0.2) is 9.97 Å². The summed E-state index contributed by atoms with van der Waals surface area (Å²) in [6.45, 7) is 4.25. The number of aromatic nitrogens is 2. The number of hydrogen-bond acceptors (Lipinski definition) is 5. The number of anilines is 1. The molecule has 0 fully saturated rings. The van der Waals surface area contributed by atoms with Crippen molar-refractivity contribution in [3.8, 4) is 11.1 Å². The van der Waals surface area contributed by atoms with Gasteiger partial charge in [-0.2, -0.15) is 0 Å². The third-order valence-corrected chi connectivity index (χ3v) is 7.09. The first-order valence-electron chi connectivity index (χ1n) is 9.52. The van der Waals surface area contributed by atoms with E-state index in [1.807, 2.05) is 30.3 Å². The number of rotatable bonds is 6. The van der Waals surface area contributed by atoms with E-state index in [0.29, 0.717) is 5.92 Å². The van der Waals surface area contributed by atoms with E-state index in [4.69, 9.17) is 0 Å². The number of thiophene rings is 1. The van der Waals surface area contributed by atoms with Gasteiger partial charge in [0.2, 0.25) is 5.91 Å². The fourth-order valence-electron chi connectivity index (χ4n) is 3.23. The second-order valence-corrected chi connectivity index (χ2v) is 9.83. The van der Waals surface area contributed by atoms with Crippen molar-refractivity contribution in [2.45, 2.75) is 24.8 Å². The molecule has 0 saturated carbocycles. The number of nitrogens with zero attached hydrogens (tertiary/aromatic N) is 2. The molecule has 152 valence electrons. The predicted octanol–water partition coefficient (Wildman–Crippen LogP) is 6.98. The summed E-state index contributed by atoms with van der Waals surface area (Å²) in [5.74, 6) is 0.587. The highest BCUT2D eigenvalue weighted by Gasteiger charge is 2.15. The summed E-state index contributed by atoms with van der Waals surface area (Å²) < 4.78 is 1.04. The van der Waals surface area contributed by atoms with Gasteiger partial charge in [-0.15, -0.1) is 11.3 Å². The van der Waals surface area contributed by atoms with Crippen molar-refractivity contribution < 1.29 is 4.79 Å². The third kappa shape index (κ3) is 4.58. The Balaban J connectivity index is 1.55. The minimum Gasteiger partial charge on any atom is -0.325 e. The molecule has 0 aliphatic carbocycles. The Morgan fingerprint density at radius 3 is 2.67 bits per heavy atom. The van der Waals surface area contributed by atoms with Crippen molar-refractivity contribution in [3.05, 3.63) is 70.3 Å². The van der Waals surface area contributed by atoms with Crippen molar-refractivity contribution in [2.24, 2.45) is 0 Å². The Hall–Kier alpha value is -2.22. The molecule has 2 aromatic heterocycles. The topological polar surface area (TPSA) is 54.9 Å². The Morgan fingerprint density at radius 1 is 1.13 bits per heavy atom. The number of carbonyl (C=O) groups excluding carboxylic acids is 1. The number of hydrogen-bond donors (Lipinski definition) is 1. The maximum atomic E-state index is 12.6. The van der Waals surface area contributed by atoms with Gasteiger partial charge in [0.05, 0.1) is 11.1 Å². The first kappa shape index (κ1) is 21.0. The predicted molar refractivity (Wildman–Crippen MR) is 130 cm³/mol. The van der Waals surface area contributed by atoms with Crippen LogP contribution in [0, 0.1) is 0 Å². The smallest absolute Gasteiger partial charge is 0.234 e. The Labute approximate surface area is 192 Å². The van der Waals surface area contributed by atoms with Gasteiger partial charge < -0.3 is 5.32 Å². The lowest BCUT2D eigenvalue weighted by molar-refractivity contribution is -0.113. The second-order valence-electron chi connectivity index (χ2n) is 7.09. The quantitative estimate of drug-likeness (QED) is 0.230. The van der Waals surface area contributed by atoms with Gasteiger partial charge in [-0.05, 0) is 35.2 Å². The maximum absolute atomic E-state index is 12.6. The van der Waals surface area contributed by atoms with Crippen molar-refractivity contribution in [1.82, 2.24) is 9.97 Å². The van der Waals surface area contributed by atoms with Crippen molar-refractivity contribution in [1.29, 1.82) is 0 Å². The van der Waals surface area contributed by atoms with Crippen LogP contribution in [0.25, 0.3) is 21.3 Å².